The van der Waals surface area contributed by atoms with Gasteiger partial charge >= 0.3 is 0 Å². The van der Waals surface area contributed by atoms with Gasteiger partial charge in [0.1, 0.15) is 5.82 Å². The first-order chi connectivity index (χ1) is 8.29. The first-order valence-electron chi connectivity index (χ1n) is 6.20. The molecule has 1 N–H and O–H groups in total. The van der Waals surface area contributed by atoms with Crippen molar-refractivity contribution in [1.82, 2.24) is 14.9 Å². The Bertz CT molecular complexity index is 590. The van der Waals surface area contributed by atoms with Crippen LogP contribution in [0.1, 0.15) is 18.7 Å². The number of nitrogens with one attached hydrogen (secondary N) is 1. The van der Waals surface area contributed by atoms with Crippen LogP contribution in [0, 0.1) is 0 Å². The van der Waals surface area contributed by atoms with Crippen LogP contribution in [0.3, 0.4) is 0 Å². The molecule has 1 saturated heterocycles. The molecule has 2 aliphatic rings. The summed E-state index contributed by atoms with van der Waals surface area (Å²) in [6, 6.07) is 7.25. The fourth-order valence-electron chi connectivity index (χ4n) is 3.16. The lowest BCUT2D eigenvalue weighted by atomic mass is 10.1. The molecule has 0 aliphatic carbocycles. The van der Waals surface area contributed by atoms with E-state index in [-0.39, 0.29) is 0 Å². The van der Waals surface area contributed by atoms with Crippen LogP contribution in [0.5, 0.6) is 0 Å². The molecule has 2 bridgehead atoms. The minimum absolute atomic E-state index is 0.619. The standard InChI is InChI=1S/C13H14ClN3/c14-8-1-4-12-11(5-8)16-13-6-9-2-3-10(15-9)7-17(12)13/h1,4-5,9-10,15H,2-3,6-7H2. The van der Waals surface area contributed by atoms with Crippen molar-refractivity contribution >= 4 is 22.6 Å². The summed E-state index contributed by atoms with van der Waals surface area (Å²) in [6.45, 7) is 1.05. The topological polar surface area (TPSA) is 29.9 Å². The predicted octanol–water partition coefficient (Wildman–Crippen LogP) is 2.37. The average molecular weight is 248 g/mol. The first kappa shape index (κ1) is 9.92. The van der Waals surface area contributed by atoms with E-state index in [0.717, 1.165) is 23.5 Å². The summed E-state index contributed by atoms with van der Waals surface area (Å²) < 4.78 is 2.36. The van der Waals surface area contributed by atoms with E-state index in [1.165, 1.54) is 24.2 Å². The number of aromatic nitrogens is 2. The molecule has 3 heterocycles. The Morgan fingerprint density at radius 3 is 3.12 bits per heavy atom. The van der Waals surface area contributed by atoms with Gasteiger partial charge in [-0.2, -0.15) is 0 Å². The Hall–Kier alpha value is -1.06. The third-order valence-corrected chi connectivity index (χ3v) is 4.19. The molecule has 0 amide bonds. The molecule has 2 atom stereocenters. The monoisotopic (exact) mass is 247 g/mol. The number of hydrogen-bond donors (Lipinski definition) is 1. The molecule has 2 aromatic rings. The van der Waals surface area contributed by atoms with Crippen LogP contribution in [0.25, 0.3) is 11.0 Å². The van der Waals surface area contributed by atoms with Crippen molar-refractivity contribution in [2.24, 2.45) is 0 Å². The molecule has 1 fully saturated rings. The normalized spacial score (nSPS) is 27.1. The summed E-state index contributed by atoms with van der Waals surface area (Å²) in [6.07, 6.45) is 3.62. The molecular formula is C13H14ClN3. The number of benzene rings is 1. The second-order valence-electron chi connectivity index (χ2n) is 5.11. The van der Waals surface area contributed by atoms with Gasteiger partial charge in [0.2, 0.25) is 0 Å². The summed E-state index contributed by atoms with van der Waals surface area (Å²) in [5.41, 5.74) is 2.26. The van der Waals surface area contributed by atoms with E-state index in [1.54, 1.807) is 0 Å². The summed E-state index contributed by atoms with van der Waals surface area (Å²) in [5.74, 6) is 1.21. The van der Waals surface area contributed by atoms with Crippen molar-refractivity contribution in [2.45, 2.75) is 37.9 Å². The van der Waals surface area contributed by atoms with Crippen molar-refractivity contribution in [3.05, 3.63) is 29.0 Å². The zero-order valence-electron chi connectivity index (χ0n) is 9.49. The van der Waals surface area contributed by atoms with Gasteiger partial charge in [-0.1, -0.05) is 11.6 Å². The van der Waals surface area contributed by atoms with Gasteiger partial charge in [0.25, 0.3) is 0 Å². The predicted molar refractivity (Wildman–Crippen MR) is 68.4 cm³/mol. The summed E-state index contributed by atoms with van der Waals surface area (Å²) in [7, 11) is 0. The molecule has 88 valence electrons. The summed E-state index contributed by atoms with van der Waals surface area (Å²) >= 11 is 6.02. The SMILES string of the molecule is Clc1ccc2c(c1)nc1n2CC2CCC(C1)N2. The molecule has 0 spiro atoms. The first-order valence-corrected chi connectivity index (χ1v) is 6.58. The van der Waals surface area contributed by atoms with Gasteiger partial charge in [-0.15, -0.1) is 0 Å². The molecule has 3 nitrogen and oxygen atoms in total. The van der Waals surface area contributed by atoms with Gasteiger partial charge in [-0.05, 0) is 31.0 Å². The maximum absolute atomic E-state index is 6.02. The highest BCUT2D eigenvalue weighted by Crippen LogP contribution is 2.27. The Balaban J connectivity index is 1.92. The minimum atomic E-state index is 0.619. The maximum Gasteiger partial charge on any atom is 0.111 e. The number of imidazole rings is 1. The lowest BCUT2D eigenvalue weighted by Gasteiger charge is -2.11. The quantitative estimate of drug-likeness (QED) is 0.775. The van der Waals surface area contributed by atoms with Crippen LogP contribution in [0.2, 0.25) is 5.02 Å². The molecule has 4 rings (SSSR count). The number of nitrogens with zero attached hydrogens (tertiary/aromatic N) is 2. The Labute approximate surface area is 105 Å². The van der Waals surface area contributed by atoms with Gasteiger partial charge in [-0.25, -0.2) is 4.98 Å². The molecule has 2 aliphatic heterocycles. The van der Waals surface area contributed by atoms with E-state index in [0.29, 0.717) is 12.1 Å². The largest absolute Gasteiger partial charge is 0.326 e. The molecular weight excluding hydrogens is 234 g/mol. The minimum Gasteiger partial charge on any atom is -0.326 e. The number of fused-ring (bicyclic) bond motifs is 5. The van der Waals surface area contributed by atoms with Crippen LogP contribution in [0.15, 0.2) is 18.2 Å². The maximum atomic E-state index is 6.02. The fraction of sp³-hybridized carbons (Fsp3) is 0.462. The summed E-state index contributed by atoms with van der Waals surface area (Å²) in [4.78, 5) is 4.73. The zero-order chi connectivity index (χ0) is 11.4. The van der Waals surface area contributed by atoms with Crippen LogP contribution < -0.4 is 5.32 Å². The van der Waals surface area contributed by atoms with Crippen LogP contribution in [-0.4, -0.2) is 21.6 Å². The van der Waals surface area contributed by atoms with E-state index < -0.39 is 0 Å². The second kappa shape index (κ2) is 3.47. The number of rotatable bonds is 0. The molecule has 0 radical (unpaired) electrons. The van der Waals surface area contributed by atoms with E-state index >= 15 is 0 Å². The number of hydrogen-bond acceptors (Lipinski definition) is 2. The van der Waals surface area contributed by atoms with Crippen molar-refractivity contribution in [3.8, 4) is 0 Å². The van der Waals surface area contributed by atoms with Crippen molar-refractivity contribution < 1.29 is 0 Å². The average Bonchev–Trinajstić information content (AvgIpc) is 2.79. The lowest BCUT2D eigenvalue weighted by molar-refractivity contribution is 0.515. The van der Waals surface area contributed by atoms with Crippen LogP contribution >= 0.6 is 11.6 Å². The van der Waals surface area contributed by atoms with Gasteiger partial charge < -0.3 is 9.88 Å². The van der Waals surface area contributed by atoms with Crippen molar-refractivity contribution in [2.75, 3.05) is 0 Å². The van der Waals surface area contributed by atoms with E-state index in [4.69, 9.17) is 16.6 Å². The van der Waals surface area contributed by atoms with Crippen molar-refractivity contribution in [3.63, 3.8) is 0 Å². The van der Waals surface area contributed by atoms with Gasteiger partial charge in [-0.3, -0.25) is 0 Å². The molecule has 17 heavy (non-hydrogen) atoms. The van der Waals surface area contributed by atoms with Crippen molar-refractivity contribution in [1.29, 1.82) is 0 Å². The Morgan fingerprint density at radius 2 is 2.18 bits per heavy atom. The molecule has 2 unspecified atom stereocenters. The molecule has 1 aromatic heterocycles. The highest BCUT2D eigenvalue weighted by atomic mass is 35.5. The van der Waals surface area contributed by atoms with Gasteiger partial charge in [0.15, 0.2) is 0 Å². The molecule has 4 heteroatoms. The third-order valence-electron chi connectivity index (χ3n) is 3.96. The van der Waals surface area contributed by atoms with Crippen LogP contribution in [-0.2, 0) is 13.0 Å². The Kier molecular flexibility index (Phi) is 2.02. The van der Waals surface area contributed by atoms with Gasteiger partial charge in [0.05, 0.1) is 11.0 Å². The highest BCUT2D eigenvalue weighted by molar-refractivity contribution is 6.31. The lowest BCUT2D eigenvalue weighted by Crippen LogP contribution is -2.30. The van der Waals surface area contributed by atoms with E-state index in [9.17, 15) is 0 Å². The third kappa shape index (κ3) is 1.49. The fourth-order valence-corrected chi connectivity index (χ4v) is 3.33. The Morgan fingerprint density at radius 1 is 1.29 bits per heavy atom. The van der Waals surface area contributed by atoms with E-state index in [2.05, 4.69) is 16.0 Å². The molecule has 0 saturated carbocycles. The van der Waals surface area contributed by atoms with Crippen LogP contribution in [0.4, 0.5) is 0 Å². The highest BCUT2D eigenvalue weighted by Gasteiger charge is 2.30. The summed E-state index contributed by atoms with van der Waals surface area (Å²) in [5, 5.41) is 4.45. The number of halogens is 1. The second-order valence-corrected chi connectivity index (χ2v) is 5.55. The smallest absolute Gasteiger partial charge is 0.111 e. The molecule has 1 aromatic carbocycles. The van der Waals surface area contributed by atoms with E-state index in [1.807, 2.05) is 12.1 Å². The zero-order valence-corrected chi connectivity index (χ0v) is 10.2. The van der Waals surface area contributed by atoms with Gasteiger partial charge in [0, 0.05) is 30.1 Å².